The maximum Gasteiger partial charge on any atom is 0.252 e. The van der Waals surface area contributed by atoms with Gasteiger partial charge in [-0.1, -0.05) is 19.1 Å². The van der Waals surface area contributed by atoms with Gasteiger partial charge in [0.2, 0.25) is 0 Å². The van der Waals surface area contributed by atoms with Crippen molar-refractivity contribution >= 4 is 5.91 Å². The normalized spacial score (nSPS) is 11.7. The molecule has 0 aliphatic heterocycles. The molecule has 0 aliphatic rings. The molecule has 2 rings (SSSR count). The van der Waals surface area contributed by atoms with Crippen molar-refractivity contribution in [1.29, 1.82) is 5.26 Å². The van der Waals surface area contributed by atoms with Gasteiger partial charge in [-0.2, -0.15) is 10.4 Å². The van der Waals surface area contributed by atoms with Crippen LogP contribution in [0.4, 0.5) is 0 Å². The third kappa shape index (κ3) is 3.73. The number of amides is 1. The highest BCUT2D eigenvalue weighted by Crippen LogP contribution is 2.10. The maximum atomic E-state index is 12.2. The quantitative estimate of drug-likeness (QED) is 0.922. The van der Waals surface area contributed by atoms with Crippen LogP contribution >= 0.6 is 0 Å². The molecule has 1 N–H and O–H groups in total. The number of hydrogen-bond acceptors (Lipinski definition) is 3. The van der Waals surface area contributed by atoms with Crippen LogP contribution in [-0.4, -0.2) is 21.7 Å². The zero-order chi connectivity index (χ0) is 16.1. The Hall–Kier alpha value is -2.61. The summed E-state index contributed by atoms with van der Waals surface area (Å²) in [6.45, 7) is 6.46. The van der Waals surface area contributed by atoms with Crippen LogP contribution in [0.5, 0.6) is 0 Å². The van der Waals surface area contributed by atoms with Gasteiger partial charge in [-0.15, -0.1) is 0 Å². The molecule has 0 radical (unpaired) electrons. The highest BCUT2D eigenvalue weighted by atomic mass is 16.1. The second kappa shape index (κ2) is 6.90. The van der Waals surface area contributed by atoms with E-state index in [-0.39, 0.29) is 5.91 Å². The number of nitrogens with zero attached hydrogens (tertiary/aromatic N) is 3. The van der Waals surface area contributed by atoms with E-state index in [1.165, 1.54) is 0 Å². The first kappa shape index (κ1) is 15.8. The number of nitrogens with one attached hydrogen (secondary N) is 1. The van der Waals surface area contributed by atoms with Crippen LogP contribution in [-0.2, 0) is 6.54 Å². The molecule has 0 bridgehead atoms. The molecule has 1 unspecified atom stereocenters. The lowest BCUT2D eigenvalue weighted by Gasteiger charge is -2.10. The van der Waals surface area contributed by atoms with E-state index >= 15 is 0 Å². The monoisotopic (exact) mass is 296 g/mol. The van der Waals surface area contributed by atoms with Gasteiger partial charge in [0.05, 0.1) is 18.3 Å². The van der Waals surface area contributed by atoms with Crippen molar-refractivity contribution in [2.24, 2.45) is 0 Å². The Morgan fingerprint density at radius 1 is 1.41 bits per heavy atom. The van der Waals surface area contributed by atoms with E-state index in [0.717, 1.165) is 17.0 Å². The highest BCUT2D eigenvalue weighted by Gasteiger charge is 2.12. The predicted octanol–water partition coefficient (Wildman–Crippen LogP) is 2.58. The Balaban J connectivity index is 2.15. The standard InChI is InChI=1S/C17H20N4O/c1-4-16(10-18)19-17(22)15-7-5-6-14(9-15)11-21-13(3)8-12(2)20-21/h5-9,16H,4,11H2,1-3H3,(H,19,22). The predicted molar refractivity (Wildman–Crippen MR) is 84.4 cm³/mol. The molecule has 0 fully saturated rings. The maximum absolute atomic E-state index is 12.2. The molecule has 0 saturated heterocycles. The first-order chi connectivity index (χ1) is 10.5. The van der Waals surface area contributed by atoms with Gasteiger partial charge in [-0.3, -0.25) is 9.48 Å². The Morgan fingerprint density at radius 2 is 2.18 bits per heavy atom. The zero-order valence-corrected chi connectivity index (χ0v) is 13.1. The molecule has 2 aromatic rings. The summed E-state index contributed by atoms with van der Waals surface area (Å²) in [7, 11) is 0. The van der Waals surface area contributed by atoms with Crippen molar-refractivity contribution < 1.29 is 4.79 Å². The van der Waals surface area contributed by atoms with Crippen molar-refractivity contribution in [2.75, 3.05) is 0 Å². The van der Waals surface area contributed by atoms with Gasteiger partial charge < -0.3 is 5.32 Å². The van der Waals surface area contributed by atoms with Gasteiger partial charge in [0.15, 0.2) is 0 Å². The van der Waals surface area contributed by atoms with Crippen LogP contribution in [0.1, 0.15) is 40.7 Å². The summed E-state index contributed by atoms with van der Waals surface area (Å²) in [6.07, 6.45) is 0.591. The molecule has 1 amide bonds. The Kier molecular flexibility index (Phi) is 4.95. The van der Waals surface area contributed by atoms with E-state index in [2.05, 4.69) is 16.5 Å². The Morgan fingerprint density at radius 3 is 2.77 bits per heavy atom. The average Bonchev–Trinajstić information content (AvgIpc) is 2.82. The summed E-state index contributed by atoms with van der Waals surface area (Å²) in [6, 6.07) is 11.1. The van der Waals surface area contributed by atoms with Gasteiger partial charge in [0, 0.05) is 11.3 Å². The van der Waals surface area contributed by atoms with Gasteiger partial charge >= 0.3 is 0 Å². The Labute approximate surface area is 130 Å². The average molecular weight is 296 g/mol. The van der Waals surface area contributed by atoms with Gasteiger partial charge in [-0.25, -0.2) is 0 Å². The molecule has 1 atom stereocenters. The van der Waals surface area contributed by atoms with Crippen LogP contribution in [0.2, 0.25) is 0 Å². The summed E-state index contributed by atoms with van der Waals surface area (Å²) in [4.78, 5) is 12.2. The van der Waals surface area contributed by atoms with Gasteiger partial charge in [-0.05, 0) is 44.0 Å². The van der Waals surface area contributed by atoms with Crippen molar-refractivity contribution in [3.05, 3.63) is 52.8 Å². The fourth-order valence-corrected chi connectivity index (χ4v) is 2.29. The summed E-state index contributed by atoms with van der Waals surface area (Å²) >= 11 is 0. The lowest BCUT2D eigenvalue weighted by Crippen LogP contribution is -2.33. The smallest absolute Gasteiger partial charge is 0.252 e. The van der Waals surface area contributed by atoms with Crippen molar-refractivity contribution in [3.8, 4) is 6.07 Å². The highest BCUT2D eigenvalue weighted by molar-refractivity contribution is 5.94. The summed E-state index contributed by atoms with van der Waals surface area (Å²) in [5, 5.41) is 16.1. The molecule has 5 heteroatoms. The van der Waals surface area contributed by atoms with Crippen LogP contribution in [0, 0.1) is 25.2 Å². The van der Waals surface area contributed by atoms with Crippen LogP contribution in [0.25, 0.3) is 0 Å². The number of nitriles is 1. The fourth-order valence-electron chi connectivity index (χ4n) is 2.29. The van der Waals surface area contributed by atoms with Crippen molar-refractivity contribution in [3.63, 3.8) is 0 Å². The summed E-state index contributed by atoms with van der Waals surface area (Å²) in [5.74, 6) is -0.219. The summed E-state index contributed by atoms with van der Waals surface area (Å²) in [5.41, 5.74) is 3.63. The molecule has 22 heavy (non-hydrogen) atoms. The van der Waals surface area contributed by atoms with Crippen LogP contribution in [0.3, 0.4) is 0 Å². The largest absolute Gasteiger partial charge is 0.336 e. The lowest BCUT2D eigenvalue weighted by molar-refractivity contribution is 0.0944. The molecule has 0 saturated carbocycles. The van der Waals surface area contributed by atoms with Crippen LogP contribution in [0.15, 0.2) is 30.3 Å². The van der Waals surface area contributed by atoms with Crippen LogP contribution < -0.4 is 5.32 Å². The van der Waals surface area contributed by atoms with Gasteiger partial charge in [0.25, 0.3) is 5.91 Å². The topological polar surface area (TPSA) is 70.7 Å². The minimum atomic E-state index is -0.452. The fraction of sp³-hybridized carbons (Fsp3) is 0.353. The molecule has 0 aliphatic carbocycles. The van der Waals surface area contributed by atoms with Crippen molar-refractivity contribution in [2.45, 2.75) is 39.8 Å². The van der Waals surface area contributed by atoms with E-state index in [9.17, 15) is 4.79 Å². The SMILES string of the molecule is CCC(C#N)NC(=O)c1cccc(Cn2nc(C)cc2C)c1. The van der Waals surface area contributed by atoms with E-state index in [4.69, 9.17) is 5.26 Å². The third-order valence-corrected chi connectivity index (χ3v) is 3.49. The number of rotatable bonds is 5. The lowest BCUT2D eigenvalue weighted by atomic mass is 10.1. The molecule has 1 aromatic carbocycles. The molecule has 1 heterocycles. The Bertz CT molecular complexity index is 712. The molecule has 1 aromatic heterocycles. The van der Waals surface area contributed by atoms with E-state index < -0.39 is 6.04 Å². The van der Waals surface area contributed by atoms with E-state index in [1.54, 1.807) is 6.07 Å². The number of benzene rings is 1. The van der Waals surface area contributed by atoms with Crippen molar-refractivity contribution in [1.82, 2.24) is 15.1 Å². The van der Waals surface area contributed by atoms with Gasteiger partial charge in [0.1, 0.15) is 6.04 Å². The summed E-state index contributed by atoms with van der Waals surface area (Å²) < 4.78 is 1.91. The first-order valence-electron chi connectivity index (χ1n) is 7.34. The number of hydrogen-bond donors (Lipinski definition) is 1. The number of carbonyl (C=O) groups excluding carboxylic acids is 1. The second-order valence-corrected chi connectivity index (χ2v) is 5.35. The zero-order valence-electron chi connectivity index (χ0n) is 13.1. The third-order valence-electron chi connectivity index (χ3n) is 3.49. The molecule has 0 spiro atoms. The molecular formula is C17H20N4O. The second-order valence-electron chi connectivity index (χ2n) is 5.35. The minimum Gasteiger partial charge on any atom is -0.336 e. The van der Waals surface area contributed by atoms with E-state index in [1.807, 2.05) is 49.7 Å². The molecule has 114 valence electrons. The minimum absolute atomic E-state index is 0.219. The number of carbonyl (C=O) groups is 1. The molecule has 5 nitrogen and oxygen atoms in total. The number of aryl methyl sites for hydroxylation is 2. The van der Waals surface area contributed by atoms with E-state index in [0.29, 0.717) is 18.5 Å². The number of aromatic nitrogens is 2. The molecular weight excluding hydrogens is 276 g/mol. The first-order valence-corrected chi connectivity index (χ1v) is 7.34.